The van der Waals surface area contributed by atoms with Crippen LogP contribution in [0.3, 0.4) is 0 Å². The molecule has 144 valence electrons. The molecule has 4 rings (SSSR count). The number of nitrogens with one attached hydrogen (secondary N) is 1. The largest absolute Gasteiger partial charge is 0.351 e. The molecule has 1 saturated carbocycles. The minimum Gasteiger partial charge on any atom is -0.351 e. The van der Waals surface area contributed by atoms with Crippen LogP contribution in [0.25, 0.3) is 0 Å². The van der Waals surface area contributed by atoms with Gasteiger partial charge in [0, 0.05) is 56.0 Å². The number of carbonyl (C=O) groups excluding carboxylic acids is 1. The molecular weight excluding hydrogens is 350 g/mol. The van der Waals surface area contributed by atoms with E-state index < -0.39 is 11.6 Å². The van der Waals surface area contributed by atoms with Gasteiger partial charge in [-0.15, -0.1) is 0 Å². The Bertz CT molecular complexity index is 840. The number of fused-ring (bicyclic) bond motifs is 1. The van der Waals surface area contributed by atoms with Crippen molar-refractivity contribution in [2.45, 2.75) is 45.8 Å². The zero-order valence-electron chi connectivity index (χ0n) is 15.5. The van der Waals surface area contributed by atoms with Crippen molar-refractivity contribution in [2.75, 3.05) is 13.1 Å². The van der Waals surface area contributed by atoms with Gasteiger partial charge < -0.3 is 5.32 Å². The molecule has 7 heteroatoms. The Hall–Kier alpha value is -2.28. The van der Waals surface area contributed by atoms with Crippen molar-refractivity contribution in [1.29, 1.82) is 0 Å². The third-order valence-corrected chi connectivity index (χ3v) is 5.34. The molecule has 1 aliphatic carbocycles. The van der Waals surface area contributed by atoms with Crippen LogP contribution in [0, 0.1) is 17.6 Å². The Morgan fingerprint density at radius 3 is 2.70 bits per heavy atom. The van der Waals surface area contributed by atoms with Crippen LogP contribution in [-0.2, 0) is 26.1 Å². The summed E-state index contributed by atoms with van der Waals surface area (Å²) in [5, 5.41) is 7.42. The van der Waals surface area contributed by atoms with Gasteiger partial charge in [0.25, 0.3) is 5.91 Å². The normalized spacial score (nSPS) is 17.0. The van der Waals surface area contributed by atoms with Crippen molar-refractivity contribution < 1.29 is 13.6 Å². The molecule has 2 aliphatic rings. The van der Waals surface area contributed by atoms with E-state index in [1.54, 1.807) is 0 Å². The van der Waals surface area contributed by atoms with Crippen molar-refractivity contribution >= 4 is 5.91 Å². The van der Waals surface area contributed by atoms with E-state index in [0.29, 0.717) is 31.2 Å². The standard InChI is InChI=1S/C20H24F2N4O/c1-2-23-20(27)19-15-12-25(11-14-16(21)4-3-5-17(14)22)9-8-18(15)26(24-19)10-13-6-7-13/h3-5,13H,2,6-12H2,1H3,(H,23,27). The monoisotopic (exact) mass is 374 g/mol. The van der Waals surface area contributed by atoms with E-state index in [0.717, 1.165) is 24.2 Å². The minimum absolute atomic E-state index is 0.0749. The molecule has 0 radical (unpaired) electrons. The maximum atomic E-state index is 14.0. The quantitative estimate of drug-likeness (QED) is 0.846. The molecule has 0 bridgehead atoms. The number of hydrogen-bond acceptors (Lipinski definition) is 3. The lowest BCUT2D eigenvalue weighted by molar-refractivity contribution is 0.0947. The molecule has 0 unspecified atom stereocenters. The highest BCUT2D eigenvalue weighted by Crippen LogP contribution is 2.33. The third-order valence-electron chi connectivity index (χ3n) is 5.34. The highest BCUT2D eigenvalue weighted by molar-refractivity contribution is 5.94. The van der Waals surface area contributed by atoms with Gasteiger partial charge in [0.05, 0.1) is 0 Å². The summed E-state index contributed by atoms with van der Waals surface area (Å²) in [6.45, 7) is 4.60. The van der Waals surface area contributed by atoms with Crippen LogP contribution in [-0.4, -0.2) is 33.7 Å². The molecule has 1 aromatic carbocycles. The van der Waals surface area contributed by atoms with Crippen LogP contribution in [0.5, 0.6) is 0 Å². The van der Waals surface area contributed by atoms with E-state index in [1.807, 2.05) is 16.5 Å². The average Bonchev–Trinajstić information content (AvgIpc) is 3.39. The fraction of sp³-hybridized carbons (Fsp3) is 0.500. The van der Waals surface area contributed by atoms with E-state index in [9.17, 15) is 13.6 Å². The number of nitrogens with zero attached hydrogens (tertiary/aromatic N) is 3. The summed E-state index contributed by atoms with van der Waals surface area (Å²) < 4.78 is 30.0. The second kappa shape index (κ2) is 7.38. The van der Waals surface area contributed by atoms with Gasteiger partial charge in [-0.25, -0.2) is 8.78 Å². The molecule has 27 heavy (non-hydrogen) atoms. The van der Waals surface area contributed by atoms with Crippen LogP contribution in [0.2, 0.25) is 0 Å². The molecule has 1 aromatic heterocycles. The minimum atomic E-state index is -0.533. The fourth-order valence-corrected chi connectivity index (χ4v) is 3.71. The maximum Gasteiger partial charge on any atom is 0.272 e. The van der Waals surface area contributed by atoms with Crippen molar-refractivity contribution in [3.8, 4) is 0 Å². The molecule has 2 aromatic rings. The maximum absolute atomic E-state index is 14.0. The summed E-state index contributed by atoms with van der Waals surface area (Å²) in [6, 6.07) is 3.93. The number of halogens is 2. The number of hydrogen-bond donors (Lipinski definition) is 1. The van der Waals surface area contributed by atoms with Crippen LogP contribution >= 0.6 is 0 Å². The van der Waals surface area contributed by atoms with Crippen LogP contribution < -0.4 is 5.32 Å². The van der Waals surface area contributed by atoms with Crippen LogP contribution in [0.1, 0.15) is 47.1 Å². The molecule has 0 spiro atoms. The number of aromatic nitrogens is 2. The lowest BCUT2D eigenvalue weighted by Gasteiger charge is -2.28. The molecule has 1 aliphatic heterocycles. The Labute approximate surface area is 157 Å². The Kier molecular flexibility index (Phi) is 4.95. The molecule has 0 saturated heterocycles. The first-order valence-corrected chi connectivity index (χ1v) is 9.58. The highest BCUT2D eigenvalue weighted by atomic mass is 19.1. The molecule has 5 nitrogen and oxygen atoms in total. The van der Waals surface area contributed by atoms with Gasteiger partial charge in [-0.3, -0.25) is 14.4 Å². The smallest absolute Gasteiger partial charge is 0.272 e. The number of benzene rings is 1. The van der Waals surface area contributed by atoms with E-state index in [2.05, 4.69) is 10.4 Å². The number of amides is 1. The van der Waals surface area contributed by atoms with E-state index >= 15 is 0 Å². The second-order valence-electron chi connectivity index (χ2n) is 7.42. The Morgan fingerprint density at radius 1 is 1.30 bits per heavy atom. The third kappa shape index (κ3) is 3.74. The van der Waals surface area contributed by atoms with Gasteiger partial charge in [-0.2, -0.15) is 5.10 Å². The average molecular weight is 374 g/mol. The summed E-state index contributed by atoms with van der Waals surface area (Å²) in [4.78, 5) is 14.5. The summed E-state index contributed by atoms with van der Waals surface area (Å²) in [7, 11) is 0. The highest BCUT2D eigenvalue weighted by Gasteiger charge is 2.31. The van der Waals surface area contributed by atoms with E-state index in [4.69, 9.17) is 0 Å². The predicted octanol–water partition coefficient (Wildman–Crippen LogP) is 2.88. The predicted molar refractivity (Wildman–Crippen MR) is 97.1 cm³/mol. The van der Waals surface area contributed by atoms with Crippen molar-refractivity contribution in [3.05, 3.63) is 52.3 Å². The van der Waals surface area contributed by atoms with Gasteiger partial charge in [0.2, 0.25) is 0 Å². The van der Waals surface area contributed by atoms with Gasteiger partial charge in [-0.1, -0.05) is 6.07 Å². The van der Waals surface area contributed by atoms with Gasteiger partial charge >= 0.3 is 0 Å². The second-order valence-corrected chi connectivity index (χ2v) is 7.42. The van der Waals surface area contributed by atoms with Crippen molar-refractivity contribution in [2.24, 2.45) is 5.92 Å². The fourth-order valence-electron chi connectivity index (χ4n) is 3.71. The first kappa shape index (κ1) is 18.1. The summed E-state index contributed by atoms with van der Waals surface area (Å²) in [5.41, 5.74) is 2.51. The topological polar surface area (TPSA) is 50.2 Å². The van der Waals surface area contributed by atoms with Gasteiger partial charge in [-0.05, 0) is 37.8 Å². The first-order valence-electron chi connectivity index (χ1n) is 9.58. The zero-order chi connectivity index (χ0) is 19.0. The molecule has 1 N–H and O–H groups in total. The van der Waals surface area contributed by atoms with Crippen LogP contribution in [0.4, 0.5) is 8.78 Å². The lowest BCUT2D eigenvalue weighted by Crippen LogP contribution is -2.33. The van der Waals surface area contributed by atoms with Gasteiger partial charge in [0.15, 0.2) is 5.69 Å². The summed E-state index contributed by atoms with van der Waals surface area (Å²) in [5.74, 6) is -0.591. The summed E-state index contributed by atoms with van der Waals surface area (Å²) >= 11 is 0. The first-order chi connectivity index (χ1) is 13.1. The van der Waals surface area contributed by atoms with Crippen LogP contribution in [0.15, 0.2) is 18.2 Å². The van der Waals surface area contributed by atoms with E-state index in [-0.39, 0.29) is 18.0 Å². The number of rotatable bonds is 6. The lowest BCUT2D eigenvalue weighted by atomic mass is 10.0. The Balaban J connectivity index is 1.60. The molecule has 2 heterocycles. The van der Waals surface area contributed by atoms with Crippen molar-refractivity contribution in [1.82, 2.24) is 20.0 Å². The molecule has 1 fully saturated rings. The van der Waals surface area contributed by atoms with Crippen molar-refractivity contribution in [3.63, 3.8) is 0 Å². The number of carbonyl (C=O) groups is 1. The SMILES string of the molecule is CCNC(=O)c1nn(CC2CC2)c2c1CN(Cc1c(F)cccc1F)CC2. The molecule has 1 amide bonds. The van der Waals surface area contributed by atoms with Gasteiger partial charge in [0.1, 0.15) is 11.6 Å². The molecular formula is C20H24F2N4O. The van der Waals surface area contributed by atoms with E-state index in [1.165, 1.54) is 31.0 Å². The zero-order valence-corrected chi connectivity index (χ0v) is 15.5. The molecule has 0 atom stereocenters. The Morgan fingerprint density at radius 2 is 2.04 bits per heavy atom. The summed E-state index contributed by atoms with van der Waals surface area (Å²) in [6.07, 6.45) is 3.15.